The van der Waals surface area contributed by atoms with Gasteiger partial charge in [0.05, 0.1) is 11.5 Å². The lowest BCUT2D eigenvalue weighted by Gasteiger charge is -2.08. The zero-order valence-electron chi connectivity index (χ0n) is 7.70. The number of hydrogen-bond donors (Lipinski definition) is 2. The topological polar surface area (TPSA) is 66.4 Å². The van der Waals surface area contributed by atoms with Gasteiger partial charge in [0.1, 0.15) is 0 Å². The maximum absolute atomic E-state index is 11.1. The molecule has 1 atom stereocenters. The lowest BCUT2D eigenvalue weighted by atomic mass is 10.1. The van der Waals surface area contributed by atoms with Crippen LogP contribution in [0.25, 0.3) is 0 Å². The highest BCUT2D eigenvalue weighted by Gasteiger charge is 2.26. The Morgan fingerprint density at radius 1 is 1.46 bits per heavy atom. The molecule has 1 rings (SSSR count). The Morgan fingerprint density at radius 3 is 2.77 bits per heavy atom. The van der Waals surface area contributed by atoms with Crippen LogP contribution < -0.4 is 5.32 Å². The molecule has 0 amide bonds. The predicted octanol–water partition coefficient (Wildman–Crippen LogP) is -0.607. The fraction of sp³-hybridized carbons (Fsp3) is 1.00. The van der Waals surface area contributed by atoms with Crippen molar-refractivity contribution in [2.75, 3.05) is 31.2 Å². The van der Waals surface area contributed by atoms with Gasteiger partial charge in [0.2, 0.25) is 0 Å². The Morgan fingerprint density at radius 2 is 2.23 bits per heavy atom. The number of aliphatic hydroxyl groups is 1. The predicted molar refractivity (Wildman–Crippen MR) is 51.3 cm³/mol. The summed E-state index contributed by atoms with van der Waals surface area (Å²) in [5.74, 6) is 0.960. The molecule has 1 fully saturated rings. The number of nitrogens with one attached hydrogen (secondary N) is 1. The van der Waals surface area contributed by atoms with Crippen LogP contribution in [0, 0.1) is 5.92 Å². The lowest BCUT2D eigenvalue weighted by Crippen LogP contribution is -2.25. The van der Waals surface area contributed by atoms with E-state index in [0.29, 0.717) is 11.5 Å². The van der Waals surface area contributed by atoms with Crippen molar-refractivity contribution < 1.29 is 13.5 Å². The molecule has 5 heteroatoms. The van der Waals surface area contributed by atoms with E-state index in [-0.39, 0.29) is 12.5 Å². The van der Waals surface area contributed by atoms with Crippen LogP contribution in [0.3, 0.4) is 0 Å². The van der Waals surface area contributed by atoms with Gasteiger partial charge in [0, 0.05) is 6.61 Å². The van der Waals surface area contributed by atoms with E-state index in [0.717, 1.165) is 25.9 Å². The maximum atomic E-state index is 11.1. The fourth-order valence-electron chi connectivity index (χ4n) is 1.54. The Kier molecular flexibility index (Phi) is 4.15. The highest BCUT2D eigenvalue weighted by molar-refractivity contribution is 7.91. The minimum absolute atomic E-state index is 0.190. The van der Waals surface area contributed by atoms with E-state index in [2.05, 4.69) is 5.32 Å². The number of rotatable bonds is 5. The zero-order valence-corrected chi connectivity index (χ0v) is 8.52. The quantitative estimate of drug-likeness (QED) is 0.590. The Balaban J connectivity index is 2.11. The molecule has 0 aromatic rings. The molecule has 1 aliphatic rings. The maximum Gasteiger partial charge on any atom is 0.150 e. The first-order valence-electron chi connectivity index (χ1n) is 4.66. The molecule has 13 heavy (non-hydrogen) atoms. The van der Waals surface area contributed by atoms with Crippen LogP contribution >= 0.6 is 0 Å². The van der Waals surface area contributed by atoms with E-state index in [9.17, 15) is 8.42 Å². The minimum atomic E-state index is -2.73. The Hall–Kier alpha value is -0.130. The average molecular weight is 207 g/mol. The molecule has 0 saturated carbocycles. The fourth-order valence-corrected chi connectivity index (χ4v) is 3.41. The number of hydrogen-bond acceptors (Lipinski definition) is 4. The molecule has 1 unspecified atom stereocenters. The molecular weight excluding hydrogens is 190 g/mol. The molecule has 78 valence electrons. The summed E-state index contributed by atoms with van der Waals surface area (Å²) in [4.78, 5) is 0. The van der Waals surface area contributed by atoms with Gasteiger partial charge >= 0.3 is 0 Å². The number of aliphatic hydroxyl groups excluding tert-OH is 1. The largest absolute Gasteiger partial charge is 0.396 e. The third-order valence-corrected chi connectivity index (χ3v) is 4.11. The van der Waals surface area contributed by atoms with Crippen molar-refractivity contribution in [3.63, 3.8) is 0 Å². The van der Waals surface area contributed by atoms with Crippen molar-refractivity contribution in [3.05, 3.63) is 0 Å². The summed E-state index contributed by atoms with van der Waals surface area (Å²) in [7, 11) is -2.73. The van der Waals surface area contributed by atoms with Crippen LogP contribution in [0.4, 0.5) is 0 Å². The molecule has 4 nitrogen and oxygen atoms in total. The van der Waals surface area contributed by atoms with Gasteiger partial charge in [0.25, 0.3) is 0 Å². The molecule has 0 spiro atoms. The molecule has 0 radical (unpaired) electrons. The van der Waals surface area contributed by atoms with E-state index in [1.54, 1.807) is 0 Å². The van der Waals surface area contributed by atoms with Crippen molar-refractivity contribution in [2.45, 2.75) is 12.8 Å². The van der Waals surface area contributed by atoms with Gasteiger partial charge < -0.3 is 10.4 Å². The van der Waals surface area contributed by atoms with Gasteiger partial charge in [-0.15, -0.1) is 0 Å². The van der Waals surface area contributed by atoms with Crippen molar-refractivity contribution in [1.29, 1.82) is 0 Å². The van der Waals surface area contributed by atoms with Crippen LogP contribution in [0.2, 0.25) is 0 Å². The third kappa shape index (κ3) is 4.06. The number of sulfone groups is 1. The smallest absolute Gasteiger partial charge is 0.150 e. The molecule has 1 heterocycles. The lowest BCUT2D eigenvalue weighted by molar-refractivity contribution is 0.285. The average Bonchev–Trinajstić information content (AvgIpc) is 2.40. The molecule has 0 aliphatic carbocycles. The second kappa shape index (κ2) is 4.93. The first-order valence-corrected chi connectivity index (χ1v) is 6.48. The summed E-state index contributed by atoms with van der Waals surface area (Å²) in [5.41, 5.74) is 0. The van der Waals surface area contributed by atoms with Crippen LogP contribution in [-0.2, 0) is 9.84 Å². The van der Waals surface area contributed by atoms with E-state index in [4.69, 9.17) is 5.11 Å². The second-order valence-electron chi connectivity index (χ2n) is 3.55. The highest BCUT2D eigenvalue weighted by Crippen LogP contribution is 2.17. The monoisotopic (exact) mass is 207 g/mol. The van der Waals surface area contributed by atoms with Crippen molar-refractivity contribution in [2.24, 2.45) is 5.92 Å². The van der Waals surface area contributed by atoms with Crippen LogP contribution in [0.5, 0.6) is 0 Å². The molecule has 2 N–H and O–H groups in total. The summed E-state index contributed by atoms with van der Waals surface area (Å²) in [6, 6.07) is 0. The minimum Gasteiger partial charge on any atom is -0.396 e. The van der Waals surface area contributed by atoms with E-state index < -0.39 is 9.84 Å². The van der Waals surface area contributed by atoms with E-state index in [1.165, 1.54) is 0 Å². The standard InChI is InChI=1S/C8H17NO3S/c10-4-1-3-9-6-8-2-5-13(11,12)7-8/h8-10H,1-7H2. The molecule has 1 aliphatic heterocycles. The first kappa shape index (κ1) is 10.9. The summed E-state index contributed by atoms with van der Waals surface area (Å²) < 4.78 is 22.1. The van der Waals surface area contributed by atoms with Crippen LogP contribution in [-0.4, -0.2) is 44.7 Å². The van der Waals surface area contributed by atoms with Gasteiger partial charge in [-0.2, -0.15) is 0 Å². The van der Waals surface area contributed by atoms with Crippen molar-refractivity contribution in [1.82, 2.24) is 5.32 Å². The normalized spacial score (nSPS) is 26.4. The van der Waals surface area contributed by atoms with Crippen molar-refractivity contribution >= 4 is 9.84 Å². The van der Waals surface area contributed by atoms with E-state index >= 15 is 0 Å². The van der Waals surface area contributed by atoms with Gasteiger partial charge in [0.15, 0.2) is 9.84 Å². The molecule has 0 aromatic carbocycles. The Bertz CT molecular complexity index is 238. The van der Waals surface area contributed by atoms with Gasteiger partial charge in [-0.3, -0.25) is 0 Å². The molecular formula is C8H17NO3S. The summed E-state index contributed by atoms with van der Waals surface area (Å²) in [6.07, 6.45) is 1.52. The first-order chi connectivity index (χ1) is 6.14. The molecule has 0 aromatic heterocycles. The summed E-state index contributed by atoms with van der Waals surface area (Å²) >= 11 is 0. The molecule has 1 saturated heterocycles. The summed E-state index contributed by atoms with van der Waals surface area (Å²) in [6.45, 7) is 1.72. The SMILES string of the molecule is O=S1(=O)CCC(CNCCCO)C1. The van der Waals surface area contributed by atoms with E-state index in [1.807, 2.05) is 0 Å². The highest BCUT2D eigenvalue weighted by atomic mass is 32.2. The third-order valence-electron chi connectivity index (χ3n) is 2.27. The van der Waals surface area contributed by atoms with Gasteiger partial charge in [-0.05, 0) is 31.8 Å². The summed E-state index contributed by atoms with van der Waals surface area (Å²) in [5, 5.41) is 11.6. The zero-order chi connectivity index (χ0) is 9.73. The van der Waals surface area contributed by atoms with Crippen LogP contribution in [0.15, 0.2) is 0 Å². The van der Waals surface area contributed by atoms with Gasteiger partial charge in [-0.1, -0.05) is 0 Å². The molecule has 0 bridgehead atoms. The Labute approximate surface area is 79.3 Å². The van der Waals surface area contributed by atoms with Crippen LogP contribution in [0.1, 0.15) is 12.8 Å². The van der Waals surface area contributed by atoms with Gasteiger partial charge in [-0.25, -0.2) is 8.42 Å². The van der Waals surface area contributed by atoms with Crippen molar-refractivity contribution in [3.8, 4) is 0 Å². The second-order valence-corrected chi connectivity index (χ2v) is 5.78.